The zero-order valence-corrected chi connectivity index (χ0v) is 19.1. The van der Waals surface area contributed by atoms with Crippen molar-refractivity contribution < 1.29 is 9.59 Å². The molecule has 0 radical (unpaired) electrons. The molecule has 166 valence electrons. The van der Waals surface area contributed by atoms with Crippen molar-refractivity contribution in [1.82, 2.24) is 19.7 Å². The Morgan fingerprint density at radius 2 is 1.78 bits per heavy atom. The van der Waals surface area contributed by atoms with Gasteiger partial charge in [0.25, 0.3) is 0 Å². The number of benzene rings is 2. The molecule has 0 unspecified atom stereocenters. The molecule has 1 aromatic heterocycles. The normalized spacial score (nSPS) is 20.8. The van der Waals surface area contributed by atoms with Gasteiger partial charge in [-0.1, -0.05) is 42.5 Å². The standard InChI is InChI=1S/C25H28N4O2S/c1-18(19-7-3-2-4-8-19)29-16-20(15-24(29)30)25(31)28-13-11-27(12-14-28)17-23-26-21-9-5-6-10-22(21)32-23/h2-10,18,20H,11-17H2,1H3/t18-,20+/m0/s1. The Morgan fingerprint density at radius 3 is 2.53 bits per heavy atom. The molecule has 5 rings (SSSR count). The summed E-state index contributed by atoms with van der Waals surface area (Å²) in [5, 5.41) is 1.12. The number of carbonyl (C=O) groups is 2. The summed E-state index contributed by atoms with van der Waals surface area (Å²) in [5.41, 5.74) is 2.17. The first-order valence-electron chi connectivity index (χ1n) is 11.3. The number of nitrogens with zero attached hydrogens (tertiary/aromatic N) is 4. The molecule has 0 saturated carbocycles. The SMILES string of the molecule is C[C@@H](c1ccccc1)N1C[C@H](C(=O)N2CCN(Cc3nc4ccccc4s3)CC2)CC1=O. The van der Waals surface area contributed by atoms with E-state index in [-0.39, 0.29) is 23.8 Å². The summed E-state index contributed by atoms with van der Waals surface area (Å²) in [4.78, 5) is 36.7. The van der Waals surface area contributed by atoms with Crippen LogP contribution in [-0.2, 0) is 16.1 Å². The van der Waals surface area contributed by atoms with Crippen molar-refractivity contribution in [2.24, 2.45) is 5.92 Å². The summed E-state index contributed by atoms with van der Waals surface area (Å²) in [7, 11) is 0. The summed E-state index contributed by atoms with van der Waals surface area (Å²) < 4.78 is 1.22. The Morgan fingerprint density at radius 1 is 1.06 bits per heavy atom. The van der Waals surface area contributed by atoms with Gasteiger partial charge in [-0.05, 0) is 24.6 Å². The fourth-order valence-electron chi connectivity index (χ4n) is 4.75. The Bertz CT molecular complexity index is 1070. The highest BCUT2D eigenvalue weighted by molar-refractivity contribution is 7.18. The van der Waals surface area contributed by atoms with Gasteiger partial charge >= 0.3 is 0 Å². The second-order valence-corrected chi connectivity index (χ2v) is 9.83. The van der Waals surface area contributed by atoms with Crippen molar-refractivity contribution in [2.75, 3.05) is 32.7 Å². The molecule has 2 fully saturated rings. The van der Waals surface area contributed by atoms with Crippen LogP contribution < -0.4 is 0 Å². The number of amides is 2. The van der Waals surface area contributed by atoms with Gasteiger partial charge in [-0.3, -0.25) is 14.5 Å². The van der Waals surface area contributed by atoms with Gasteiger partial charge in [0.1, 0.15) is 5.01 Å². The number of rotatable bonds is 5. The van der Waals surface area contributed by atoms with Gasteiger partial charge < -0.3 is 9.80 Å². The molecule has 32 heavy (non-hydrogen) atoms. The van der Waals surface area contributed by atoms with E-state index < -0.39 is 0 Å². The van der Waals surface area contributed by atoms with Gasteiger partial charge in [0.15, 0.2) is 0 Å². The van der Waals surface area contributed by atoms with E-state index in [0.717, 1.165) is 35.7 Å². The van der Waals surface area contributed by atoms with Gasteiger partial charge in [-0.2, -0.15) is 0 Å². The van der Waals surface area contributed by atoms with Crippen molar-refractivity contribution in [3.05, 3.63) is 65.2 Å². The number of para-hydroxylation sites is 1. The smallest absolute Gasteiger partial charge is 0.228 e. The number of likely N-dealkylation sites (tertiary alicyclic amines) is 1. The fraction of sp³-hybridized carbons (Fsp3) is 0.400. The lowest BCUT2D eigenvalue weighted by atomic mass is 10.1. The summed E-state index contributed by atoms with van der Waals surface area (Å²) in [6.45, 7) is 6.48. The van der Waals surface area contributed by atoms with Crippen LogP contribution in [0.15, 0.2) is 54.6 Å². The molecule has 0 aliphatic carbocycles. The minimum absolute atomic E-state index is 0.00726. The number of aromatic nitrogens is 1. The first-order valence-corrected chi connectivity index (χ1v) is 12.1. The predicted octanol–water partition coefficient (Wildman–Crippen LogP) is 3.55. The van der Waals surface area contributed by atoms with Crippen LogP contribution in [0.5, 0.6) is 0 Å². The molecule has 2 atom stereocenters. The zero-order valence-electron chi connectivity index (χ0n) is 18.3. The number of fused-ring (bicyclic) bond motifs is 1. The lowest BCUT2D eigenvalue weighted by molar-refractivity contribution is -0.137. The van der Waals surface area contributed by atoms with Crippen LogP contribution in [0.1, 0.15) is 30.0 Å². The first-order chi connectivity index (χ1) is 15.6. The molecule has 7 heteroatoms. The van der Waals surface area contributed by atoms with Crippen LogP contribution in [0.2, 0.25) is 0 Å². The first kappa shape index (κ1) is 21.1. The lowest BCUT2D eigenvalue weighted by Gasteiger charge is -2.35. The Balaban J connectivity index is 1.15. The second kappa shape index (κ2) is 9.00. The highest BCUT2D eigenvalue weighted by atomic mass is 32.1. The van der Waals surface area contributed by atoms with Crippen molar-refractivity contribution in [3.8, 4) is 0 Å². The van der Waals surface area contributed by atoms with Crippen LogP contribution in [0.3, 0.4) is 0 Å². The Kier molecular flexibility index (Phi) is 5.93. The van der Waals surface area contributed by atoms with E-state index in [1.165, 1.54) is 4.70 Å². The van der Waals surface area contributed by atoms with E-state index in [0.29, 0.717) is 26.1 Å². The third-order valence-electron chi connectivity index (χ3n) is 6.64. The van der Waals surface area contributed by atoms with Gasteiger partial charge in [-0.25, -0.2) is 4.98 Å². The topological polar surface area (TPSA) is 56.8 Å². The largest absolute Gasteiger partial charge is 0.340 e. The fourth-order valence-corrected chi connectivity index (χ4v) is 5.76. The van der Waals surface area contributed by atoms with Gasteiger partial charge in [0, 0.05) is 39.1 Å². The molecule has 3 heterocycles. The summed E-state index contributed by atoms with van der Waals surface area (Å²) >= 11 is 1.74. The maximum absolute atomic E-state index is 13.2. The van der Waals surface area contributed by atoms with Gasteiger partial charge in [0.2, 0.25) is 11.8 Å². The Labute approximate surface area is 192 Å². The quantitative estimate of drug-likeness (QED) is 0.599. The summed E-state index contributed by atoms with van der Waals surface area (Å²) in [6, 6.07) is 18.3. The molecule has 0 N–H and O–H groups in total. The third kappa shape index (κ3) is 4.27. The second-order valence-electron chi connectivity index (χ2n) is 8.71. The van der Waals surface area contributed by atoms with Crippen molar-refractivity contribution in [1.29, 1.82) is 0 Å². The monoisotopic (exact) mass is 448 g/mol. The number of piperazine rings is 1. The molecular weight excluding hydrogens is 420 g/mol. The van der Waals surface area contributed by atoms with Crippen molar-refractivity contribution in [2.45, 2.75) is 25.9 Å². The van der Waals surface area contributed by atoms with Crippen molar-refractivity contribution >= 4 is 33.4 Å². The maximum atomic E-state index is 13.2. The highest BCUT2D eigenvalue weighted by Gasteiger charge is 2.39. The predicted molar refractivity (Wildman–Crippen MR) is 126 cm³/mol. The molecule has 2 aromatic carbocycles. The van der Waals surface area contributed by atoms with Gasteiger partial charge in [0.05, 0.1) is 28.7 Å². The maximum Gasteiger partial charge on any atom is 0.228 e. The molecule has 2 amide bonds. The Hall–Kier alpha value is -2.77. The van der Waals surface area contributed by atoms with E-state index in [4.69, 9.17) is 4.98 Å². The highest BCUT2D eigenvalue weighted by Crippen LogP contribution is 2.30. The van der Waals surface area contributed by atoms with Crippen LogP contribution in [0.25, 0.3) is 10.2 Å². The van der Waals surface area contributed by atoms with E-state index >= 15 is 0 Å². The van der Waals surface area contributed by atoms with Crippen LogP contribution in [-0.4, -0.2) is 64.2 Å². The van der Waals surface area contributed by atoms with Crippen molar-refractivity contribution in [3.63, 3.8) is 0 Å². The molecule has 2 saturated heterocycles. The molecule has 3 aromatic rings. The number of hydrogen-bond acceptors (Lipinski definition) is 5. The average Bonchev–Trinajstić information content (AvgIpc) is 3.42. The number of thiazole rings is 1. The van der Waals surface area contributed by atoms with Gasteiger partial charge in [-0.15, -0.1) is 11.3 Å². The van der Waals surface area contributed by atoms with Crippen LogP contribution in [0, 0.1) is 5.92 Å². The third-order valence-corrected chi connectivity index (χ3v) is 7.66. The molecule has 2 aliphatic heterocycles. The van der Waals surface area contributed by atoms with Crippen LogP contribution >= 0.6 is 11.3 Å². The molecule has 0 spiro atoms. The van der Waals surface area contributed by atoms with E-state index in [1.54, 1.807) is 11.3 Å². The molecule has 6 nitrogen and oxygen atoms in total. The lowest BCUT2D eigenvalue weighted by Crippen LogP contribution is -2.50. The minimum atomic E-state index is -0.232. The van der Waals surface area contributed by atoms with Crippen LogP contribution in [0.4, 0.5) is 0 Å². The summed E-state index contributed by atoms with van der Waals surface area (Å²) in [5.74, 6) is -0.0283. The minimum Gasteiger partial charge on any atom is -0.340 e. The van der Waals surface area contributed by atoms with E-state index in [1.807, 2.05) is 59.2 Å². The number of hydrogen-bond donors (Lipinski definition) is 0. The summed E-state index contributed by atoms with van der Waals surface area (Å²) in [6.07, 6.45) is 0.321. The van der Waals surface area contributed by atoms with E-state index in [2.05, 4.69) is 17.0 Å². The number of carbonyl (C=O) groups excluding carboxylic acids is 2. The molecule has 0 bridgehead atoms. The average molecular weight is 449 g/mol. The zero-order chi connectivity index (χ0) is 22.1. The van der Waals surface area contributed by atoms with E-state index in [9.17, 15) is 9.59 Å². The molecule has 2 aliphatic rings. The molecular formula is C25H28N4O2S.